The van der Waals surface area contributed by atoms with Gasteiger partial charge in [0.05, 0.1) is 5.57 Å². The predicted molar refractivity (Wildman–Crippen MR) is 38.2 cm³/mol. The fraction of sp³-hybridized carbons (Fsp3) is 0.429. The molecular weight excluding hydrogens is 167 g/mol. The minimum absolute atomic E-state index is 0.565. The first kappa shape index (κ1) is 10.6. The molecule has 1 atom stereocenters. The number of hydrogen-bond acceptors (Lipinski definition) is 2. The zero-order chi connectivity index (χ0) is 9.89. The molecule has 1 unspecified atom stereocenters. The van der Waals surface area contributed by atoms with Crippen molar-refractivity contribution in [3.05, 3.63) is 11.4 Å². The van der Waals surface area contributed by atoms with Crippen molar-refractivity contribution in [2.75, 3.05) is 0 Å². The molecule has 0 heterocycles. The van der Waals surface area contributed by atoms with Crippen LogP contribution in [0.2, 0.25) is 0 Å². The summed E-state index contributed by atoms with van der Waals surface area (Å²) < 4.78 is 12.8. The van der Waals surface area contributed by atoms with Gasteiger partial charge in [-0.25, -0.2) is 9.18 Å². The topological polar surface area (TPSA) is 74.6 Å². The normalized spacial score (nSPS) is 14.9. The number of aliphatic carboxylic acids is 2. The van der Waals surface area contributed by atoms with Crippen LogP contribution in [0.5, 0.6) is 0 Å². The molecule has 12 heavy (non-hydrogen) atoms. The molecule has 0 aromatic heterocycles. The maximum Gasteiger partial charge on any atom is 0.333 e. The molecule has 0 aliphatic heterocycles. The Hall–Kier alpha value is -1.39. The third kappa shape index (κ3) is 2.34. The van der Waals surface area contributed by atoms with Crippen LogP contribution < -0.4 is 0 Å². The van der Waals surface area contributed by atoms with Crippen LogP contribution in [0.15, 0.2) is 11.4 Å². The Balaban J connectivity index is 4.78. The van der Waals surface area contributed by atoms with E-state index >= 15 is 0 Å². The summed E-state index contributed by atoms with van der Waals surface area (Å²) in [7, 11) is 0. The van der Waals surface area contributed by atoms with Crippen LogP contribution in [-0.2, 0) is 9.59 Å². The Morgan fingerprint density at radius 1 is 1.33 bits per heavy atom. The predicted octanol–water partition coefficient (Wildman–Crippen LogP) is 1.04. The van der Waals surface area contributed by atoms with Gasteiger partial charge in [-0.2, -0.15) is 0 Å². The SMILES string of the molecule is CC(C(=O)O)=C(F)C(C)C(=O)O. The first-order valence-electron chi connectivity index (χ1n) is 3.20. The van der Waals surface area contributed by atoms with Crippen molar-refractivity contribution in [1.82, 2.24) is 0 Å². The van der Waals surface area contributed by atoms with E-state index < -0.39 is 29.3 Å². The summed E-state index contributed by atoms with van der Waals surface area (Å²) in [6, 6.07) is 0. The molecule has 2 N–H and O–H groups in total. The van der Waals surface area contributed by atoms with E-state index in [9.17, 15) is 14.0 Å². The lowest BCUT2D eigenvalue weighted by Gasteiger charge is -2.03. The van der Waals surface area contributed by atoms with Crippen LogP contribution in [0.3, 0.4) is 0 Å². The van der Waals surface area contributed by atoms with E-state index in [4.69, 9.17) is 10.2 Å². The highest BCUT2D eigenvalue weighted by molar-refractivity contribution is 5.88. The Labute approximate surface area is 68.3 Å². The number of carboxylic acid groups (broad SMARTS) is 2. The van der Waals surface area contributed by atoms with Crippen LogP contribution in [-0.4, -0.2) is 22.2 Å². The molecule has 0 rings (SSSR count). The van der Waals surface area contributed by atoms with Gasteiger partial charge in [-0.15, -0.1) is 0 Å². The molecule has 0 spiro atoms. The van der Waals surface area contributed by atoms with Crippen molar-refractivity contribution in [2.24, 2.45) is 5.92 Å². The largest absolute Gasteiger partial charge is 0.481 e. The molecule has 0 saturated heterocycles. The minimum atomic E-state index is -1.44. The third-order valence-corrected chi connectivity index (χ3v) is 1.43. The average molecular weight is 176 g/mol. The monoisotopic (exact) mass is 176 g/mol. The second kappa shape index (κ2) is 3.85. The van der Waals surface area contributed by atoms with Crippen molar-refractivity contribution in [2.45, 2.75) is 13.8 Å². The van der Waals surface area contributed by atoms with E-state index in [1.54, 1.807) is 0 Å². The van der Waals surface area contributed by atoms with Gasteiger partial charge in [0.2, 0.25) is 0 Å². The quantitative estimate of drug-likeness (QED) is 0.630. The molecule has 0 fully saturated rings. The molecule has 4 nitrogen and oxygen atoms in total. The van der Waals surface area contributed by atoms with E-state index in [-0.39, 0.29) is 0 Å². The highest BCUT2D eigenvalue weighted by atomic mass is 19.1. The molecule has 0 radical (unpaired) electrons. The second-order valence-corrected chi connectivity index (χ2v) is 2.34. The highest BCUT2D eigenvalue weighted by Crippen LogP contribution is 2.16. The molecule has 0 saturated carbocycles. The summed E-state index contributed by atoms with van der Waals surface area (Å²) in [6.45, 7) is 2.11. The van der Waals surface area contributed by atoms with Gasteiger partial charge in [-0.1, -0.05) is 0 Å². The van der Waals surface area contributed by atoms with Crippen LogP contribution in [0.25, 0.3) is 0 Å². The van der Waals surface area contributed by atoms with E-state index in [0.29, 0.717) is 0 Å². The lowest BCUT2D eigenvalue weighted by molar-refractivity contribution is -0.140. The zero-order valence-corrected chi connectivity index (χ0v) is 6.67. The van der Waals surface area contributed by atoms with Gasteiger partial charge in [-0.05, 0) is 13.8 Å². The molecular formula is C7H9FO4. The van der Waals surface area contributed by atoms with Gasteiger partial charge < -0.3 is 10.2 Å². The van der Waals surface area contributed by atoms with Crippen LogP contribution >= 0.6 is 0 Å². The van der Waals surface area contributed by atoms with Crippen molar-refractivity contribution >= 4 is 11.9 Å². The Bertz CT molecular complexity index is 244. The average Bonchev–Trinajstić information content (AvgIpc) is 2.00. The first-order chi connectivity index (χ1) is 5.37. The fourth-order valence-electron chi connectivity index (χ4n) is 0.535. The molecule has 0 bridgehead atoms. The minimum Gasteiger partial charge on any atom is -0.481 e. The molecule has 0 amide bonds. The van der Waals surface area contributed by atoms with Crippen molar-refractivity contribution in [3.8, 4) is 0 Å². The van der Waals surface area contributed by atoms with Gasteiger partial charge in [0, 0.05) is 0 Å². The van der Waals surface area contributed by atoms with Crippen molar-refractivity contribution in [1.29, 1.82) is 0 Å². The van der Waals surface area contributed by atoms with Gasteiger partial charge >= 0.3 is 11.9 Å². The number of rotatable bonds is 3. The Kier molecular flexibility index (Phi) is 3.40. The zero-order valence-electron chi connectivity index (χ0n) is 6.67. The maximum absolute atomic E-state index is 12.8. The smallest absolute Gasteiger partial charge is 0.333 e. The second-order valence-electron chi connectivity index (χ2n) is 2.34. The van der Waals surface area contributed by atoms with E-state index in [1.807, 2.05) is 0 Å². The lowest BCUT2D eigenvalue weighted by Crippen LogP contribution is -2.13. The van der Waals surface area contributed by atoms with Gasteiger partial charge in [0.25, 0.3) is 0 Å². The number of hydrogen-bond donors (Lipinski definition) is 2. The number of carboxylic acids is 2. The third-order valence-electron chi connectivity index (χ3n) is 1.43. The summed E-state index contributed by atoms with van der Waals surface area (Å²) in [5.41, 5.74) is -0.565. The van der Waals surface area contributed by atoms with Crippen LogP contribution in [0, 0.1) is 5.92 Å². The van der Waals surface area contributed by atoms with Crippen LogP contribution in [0.4, 0.5) is 4.39 Å². The molecule has 0 aromatic carbocycles. The van der Waals surface area contributed by atoms with E-state index in [2.05, 4.69) is 0 Å². The van der Waals surface area contributed by atoms with E-state index in [1.165, 1.54) is 0 Å². The first-order valence-corrected chi connectivity index (χ1v) is 3.20. The van der Waals surface area contributed by atoms with E-state index in [0.717, 1.165) is 13.8 Å². The van der Waals surface area contributed by atoms with Crippen molar-refractivity contribution < 1.29 is 24.2 Å². The van der Waals surface area contributed by atoms with Gasteiger partial charge in [0.15, 0.2) is 0 Å². The summed E-state index contributed by atoms with van der Waals surface area (Å²) in [5.74, 6) is -5.34. The Morgan fingerprint density at radius 3 is 2.00 bits per heavy atom. The van der Waals surface area contributed by atoms with Gasteiger partial charge in [0.1, 0.15) is 11.7 Å². The standard InChI is InChI=1S/C7H9FO4/c1-3(6(9)10)5(8)4(2)7(11)12/h3H,1-2H3,(H,9,10)(H,11,12). The summed E-state index contributed by atoms with van der Waals surface area (Å²) >= 11 is 0. The lowest BCUT2D eigenvalue weighted by atomic mass is 10.1. The summed E-state index contributed by atoms with van der Waals surface area (Å²) in [5, 5.41) is 16.6. The Morgan fingerprint density at radius 2 is 1.75 bits per heavy atom. The molecule has 0 aliphatic rings. The van der Waals surface area contributed by atoms with Gasteiger partial charge in [-0.3, -0.25) is 4.79 Å². The number of carbonyl (C=O) groups is 2. The maximum atomic E-state index is 12.8. The molecule has 68 valence electrons. The van der Waals surface area contributed by atoms with Crippen LogP contribution in [0.1, 0.15) is 13.8 Å². The molecule has 0 aliphatic carbocycles. The summed E-state index contributed by atoms with van der Waals surface area (Å²) in [6.07, 6.45) is 0. The molecule has 5 heteroatoms. The molecule has 0 aromatic rings. The fourth-order valence-corrected chi connectivity index (χ4v) is 0.535. The highest BCUT2D eigenvalue weighted by Gasteiger charge is 2.21. The summed E-state index contributed by atoms with van der Waals surface area (Å²) in [4.78, 5) is 20.4. The number of halogens is 1. The van der Waals surface area contributed by atoms with Crippen molar-refractivity contribution in [3.63, 3.8) is 0 Å².